The maximum atomic E-state index is 14.0. The van der Waals surface area contributed by atoms with Crippen LogP contribution in [0.5, 0.6) is 0 Å². The number of rotatable bonds is 5. The number of anilines is 2. The van der Waals surface area contributed by atoms with Gasteiger partial charge in [0.05, 0.1) is 22.7 Å². The summed E-state index contributed by atoms with van der Waals surface area (Å²) in [6.07, 6.45) is 5.95. The zero-order valence-electron chi connectivity index (χ0n) is 19.4. The number of amides is 2. The van der Waals surface area contributed by atoms with Gasteiger partial charge in [0.15, 0.2) is 0 Å². The monoisotopic (exact) mass is 503 g/mol. The lowest BCUT2D eigenvalue weighted by molar-refractivity contribution is -0.125. The van der Waals surface area contributed by atoms with Crippen molar-refractivity contribution in [3.8, 4) is 0 Å². The van der Waals surface area contributed by atoms with Crippen LogP contribution in [0.1, 0.15) is 56.1 Å². The van der Waals surface area contributed by atoms with Crippen LogP contribution in [0.25, 0.3) is 0 Å². The average Bonchev–Trinajstić information content (AvgIpc) is 3.05. The SMILES string of the molecule is Cc1cc(S(=O)(=O)N2c3ccccc3NC(=O)C2CC(=O)NC2CCCCCC2)c(C)cc1Cl. The topological polar surface area (TPSA) is 95.6 Å². The summed E-state index contributed by atoms with van der Waals surface area (Å²) in [4.78, 5) is 26.2. The summed E-state index contributed by atoms with van der Waals surface area (Å²) in [6.45, 7) is 3.40. The highest BCUT2D eigenvalue weighted by molar-refractivity contribution is 7.93. The summed E-state index contributed by atoms with van der Waals surface area (Å²) in [6, 6.07) is 8.69. The molecule has 1 fully saturated rings. The number of nitrogens with zero attached hydrogens (tertiary/aromatic N) is 1. The van der Waals surface area contributed by atoms with E-state index in [4.69, 9.17) is 11.6 Å². The van der Waals surface area contributed by atoms with E-state index in [0.29, 0.717) is 27.5 Å². The van der Waals surface area contributed by atoms with E-state index in [1.54, 1.807) is 44.2 Å². The van der Waals surface area contributed by atoms with Crippen LogP contribution in [-0.4, -0.2) is 32.3 Å². The van der Waals surface area contributed by atoms with Crippen LogP contribution in [0.15, 0.2) is 41.3 Å². The first-order chi connectivity index (χ1) is 16.2. The number of nitrogens with one attached hydrogen (secondary N) is 2. The fraction of sp³-hybridized carbons (Fsp3) is 0.440. The molecule has 0 radical (unpaired) electrons. The number of para-hydroxylation sites is 2. The normalized spacial score (nSPS) is 19.2. The van der Waals surface area contributed by atoms with Crippen molar-refractivity contribution in [2.45, 2.75) is 75.8 Å². The first-order valence-electron chi connectivity index (χ1n) is 11.7. The Morgan fingerprint density at radius 2 is 1.76 bits per heavy atom. The van der Waals surface area contributed by atoms with Crippen molar-refractivity contribution in [3.63, 3.8) is 0 Å². The molecule has 7 nitrogen and oxygen atoms in total. The smallest absolute Gasteiger partial charge is 0.265 e. The standard InChI is InChI=1S/C25H30ClN3O4S/c1-16-14-23(17(2)13-19(16)26)34(32,33)29-21-12-8-7-11-20(21)28-25(31)22(29)15-24(30)27-18-9-5-3-4-6-10-18/h7-8,11-14,18,22H,3-6,9-10,15H2,1-2H3,(H,27,30)(H,28,31). The molecule has 182 valence electrons. The minimum absolute atomic E-state index is 0.0557. The summed E-state index contributed by atoms with van der Waals surface area (Å²) in [5.41, 5.74) is 1.81. The number of aryl methyl sites for hydroxylation is 2. The van der Waals surface area contributed by atoms with E-state index in [2.05, 4.69) is 10.6 Å². The molecule has 2 aromatic carbocycles. The van der Waals surface area contributed by atoms with Crippen LogP contribution in [0.3, 0.4) is 0 Å². The fourth-order valence-electron chi connectivity index (χ4n) is 4.76. The third-order valence-corrected chi connectivity index (χ3v) is 8.95. The van der Waals surface area contributed by atoms with Gasteiger partial charge in [0, 0.05) is 11.1 Å². The first kappa shape index (κ1) is 24.5. The van der Waals surface area contributed by atoms with Gasteiger partial charge in [-0.1, -0.05) is 49.4 Å². The van der Waals surface area contributed by atoms with Gasteiger partial charge in [-0.2, -0.15) is 0 Å². The molecule has 34 heavy (non-hydrogen) atoms. The van der Waals surface area contributed by atoms with Gasteiger partial charge in [-0.25, -0.2) is 8.42 Å². The summed E-state index contributed by atoms with van der Waals surface area (Å²) >= 11 is 6.20. The van der Waals surface area contributed by atoms with Crippen molar-refractivity contribution in [1.29, 1.82) is 0 Å². The van der Waals surface area contributed by atoms with Gasteiger partial charge < -0.3 is 10.6 Å². The summed E-state index contributed by atoms with van der Waals surface area (Å²) < 4.78 is 29.1. The van der Waals surface area contributed by atoms with E-state index < -0.39 is 22.0 Å². The Hall–Kier alpha value is -2.58. The third kappa shape index (κ3) is 4.93. The maximum absolute atomic E-state index is 14.0. The number of carbonyl (C=O) groups excluding carboxylic acids is 2. The molecule has 4 rings (SSSR count). The van der Waals surface area contributed by atoms with Crippen LogP contribution < -0.4 is 14.9 Å². The van der Waals surface area contributed by atoms with Crippen LogP contribution in [-0.2, 0) is 19.6 Å². The Labute approximate surface area is 205 Å². The molecule has 1 heterocycles. The number of hydrogen-bond acceptors (Lipinski definition) is 4. The van der Waals surface area contributed by atoms with Gasteiger partial charge in [-0.05, 0) is 62.1 Å². The van der Waals surface area contributed by atoms with Crippen molar-refractivity contribution in [2.24, 2.45) is 0 Å². The van der Waals surface area contributed by atoms with Gasteiger partial charge in [0.1, 0.15) is 6.04 Å². The van der Waals surface area contributed by atoms with Crippen molar-refractivity contribution in [1.82, 2.24) is 5.32 Å². The van der Waals surface area contributed by atoms with Gasteiger partial charge in [-0.3, -0.25) is 13.9 Å². The minimum Gasteiger partial charge on any atom is -0.353 e. The Balaban J connectivity index is 1.71. The van der Waals surface area contributed by atoms with Crippen molar-refractivity contribution >= 4 is 44.8 Å². The maximum Gasteiger partial charge on any atom is 0.265 e. The lowest BCUT2D eigenvalue weighted by Crippen LogP contribution is -2.53. The minimum atomic E-state index is -4.18. The molecular weight excluding hydrogens is 474 g/mol. The number of halogens is 1. The van der Waals surface area contributed by atoms with Crippen LogP contribution in [0.2, 0.25) is 5.02 Å². The molecule has 9 heteroatoms. The molecule has 1 saturated carbocycles. The Morgan fingerprint density at radius 1 is 1.09 bits per heavy atom. The Kier molecular flexibility index (Phi) is 7.19. The average molecular weight is 504 g/mol. The molecule has 1 atom stereocenters. The van der Waals surface area contributed by atoms with Gasteiger partial charge in [-0.15, -0.1) is 0 Å². The molecular formula is C25H30ClN3O4S. The fourth-order valence-corrected chi connectivity index (χ4v) is 6.90. The van der Waals surface area contributed by atoms with Gasteiger partial charge in [0.25, 0.3) is 10.0 Å². The lowest BCUT2D eigenvalue weighted by atomic mass is 10.1. The molecule has 2 aliphatic rings. The van der Waals surface area contributed by atoms with E-state index in [-0.39, 0.29) is 23.3 Å². The van der Waals surface area contributed by atoms with Crippen LogP contribution in [0, 0.1) is 13.8 Å². The van der Waals surface area contributed by atoms with E-state index in [1.165, 1.54) is 6.07 Å². The predicted octanol–water partition coefficient (Wildman–Crippen LogP) is 4.70. The second-order valence-corrected chi connectivity index (χ2v) is 11.3. The summed E-state index contributed by atoms with van der Waals surface area (Å²) in [7, 11) is -4.18. The van der Waals surface area contributed by atoms with Crippen molar-refractivity contribution in [3.05, 3.63) is 52.5 Å². The highest BCUT2D eigenvalue weighted by Crippen LogP contribution is 2.38. The van der Waals surface area contributed by atoms with E-state index in [1.807, 2.05) is 0 Å². The first-order valence-corrected chi connectivity index (χ1v) is 13.5. The van der Waals surface area contributed by atoms with E-state index in [0.717, 1.165) is 42.8 Å². The highest BCUT2D eigenvalue weighted by atomic mass is 35.5. The second-order valence-electron chi connectivity index (χ2n) is 9.15. The molecule has 1 unspecified atom stereocenters. The number of sulfonamides is 1. The molecule has 1 aliphatic heterocycles. The number of carbonyl (C=O) groups is 2. The highest BCUT2D eigenvalue weighted by Gasteiger charge is 2.42. The number of benzene rings is 2. The van der Waals surface area contributed by atoms with Crippen LogP contribution in [0.4, 0.5) is 11.4 Å². The second kappa shape index (κ2) is 9.96. The Morgan fingerprint density at radius 3 is 2.47 bits per heavy atom. The van der Waals surface area contributed by atoms with E-state index >= 15 is 0 Å². The molecule has 0 saturated heterocycles. The zero-order chi connectivity index (χ0) is 24.5. The molecule has 2 amide bonds. The van der Waals surface area contributed by atoms with Gasteiger partial charge in [0.2, 0.25) is 11.8 Å². The lowest BCUT2D eigenvalue weighted by Gasteiger charge is -2.37. The molecule has 2 N–H and O–H groups in total. The number of hydrogen-bond donors (Lipinski definition) is 2. The van der Waals surface area contributed by atoms with Crippen molar-refractivity contribution < 1.29 is 18.0 Å². The van der Waals surface area contributed by atoms with Crippen LogP contribution >= 0.6 is 11.6 Å². The van der Waals surface area contributed by atoms with Crippen molar-refractivity contribution in [2.75, 3.05) is 9.62 Å². The van der Waals surface area contributed by atoms with Gasteiger partial charge >= 0.3 is 0 Å². The summed E-state index contributed by atoms with van der Waals surface area (Å²) in [5, 5.41) is 6.27. The quantitative estimate of drug-likeness (QED) is 0.578. The molecule has 1 aliphatic carbocycles. The Bertz CT molecular complexity index is 1210. The van der Waals surface area contributed by atoms with E-state index in [9.17, 15) is 18.0 Å². The zero-order valence-corrected chi connectivity index (χ0v) is 21.0. The number of fused-ring (bicyclic) bond motifs is 1. The third-order valence-electron chi connectivity index (χ3n) is 6.58. The largest absolute Gasteiger partial charge is 0.353 e. The molecule has 2 aromatic rings. The molecule has 0 bridgehead atoms. The molecule has 0 aromatic heterocycles. The molecule has 0 spiro atoms. The predicted molar refractivity (Wildman–Crippen MR) is 134 cm³/mol. The summed E-state index contributed by atoms with van der Waals surface area (Å²) in [5.74, 6) is -0.850.